The van der Waals surface area contributed by atoms with Crippen LogP contribution in [-0.2, 0) is 11.3 Å². The number of carbonyl (C=O) groups excluding carboxylic acids is 1. The Bertz CT molecular complexity index is 795. The number of esters is 1. The summed E-state index contributed by atoms with van der Waals surface area (Å²) in [7, 11) is 2.81. The van der Waals surface area contributed by atoms with Gasteiger partial charge in [-0.1, -0.05) is 12.1 Å². The lowest BCUT2D eigenvalue weighted by Gasteiger charge is -2.40. The van der Waals surface area contributed by atoms with Gasteiger partial charge in [-0.05, 0) is 35.9 Å². The molecule has 2 aromatic rings. The molecule has 26 heavy (non-hydrogen) atoms. The van der Waals surface area contributed by atoms with Gasteiger partial charge in [0.1, 0.15) is 11.9 Å². The molecule has 3 atom stereocenters. The van der Waals surface area contributed by atoms with Crippen molar-refractivity contribution >= 4 is 11.7 Å². The van der Waals surface area contributed by atoms with E-state index in [1.807, 2.05) is 12.1 Å². The van der Waals surface area contributed by atoms with Gasteiger partial charge in [0, 0.05) is 17.8 Å². The van der Waals surface area contributed by atoms with E-state index < -0.39 is 24.5 Å². The van der Waals surface area contributed by atoms with Crippen molar-refractivity contribution in [3.05, 3.63) is 59.2 Å². The molecule has 0 aromatic heterocycles. The van der Waals surface area contributed by atoms with Gasteiger partial charge in [-0.3, -0.25) is 0 Å². The molecule has 0 amide bonds. The number of nitrogens with zero attached hydrogens (tertiary/aromatic N) is 1. The van der Waals surface area contributed by atoms with Crippen LogP contribution in [0.1, 0.15) is 27.7 Å². The highest BCUT2D eigenvalue weighted by Gasteiger charge is 2.40. The number of benzene rings is 2. The van der Waals surface area contributed by atoms with Crippen molar-refractivity contribution in [1.82, 2.24) is 0 Å². The highest BCUT2D eigenvalue weighted by atomic mass is 19.1. The Hall–Kier alpha value is -2.64. The number of alkyl halides is 1. The predicted octanol–water partition coefficient (Wildman–Crippen LogP) is 2.19. The smallest absolute Gasteiger partial charge is 0.337 e. The number of fused-ring (bicyclic) bond motifs is 1. The molecule has 138 valence electrons. The molecule has 0 radical (unpaired) electrons. The van der Waals surface area contributed by atoms with Gasteiger partial charge < -0.3 is 24.6 Å². The van der Waals surface area contributed by atoms with Gasteiger partial charge in [0.2, 0.25) is 0 Å². The Morgan fingerprint density at radius 2 is 1.85 bits per heavy atom. The first kappa shape index (κ1) is 18.2. The summed E-state index contributed by atoms with van der Waals surface area (Å²) in [5.74, 6) is 0.0993. The van der Waals surface area contributed by atoms with E-state index in [9.17, 15) is 19.4 Å². The Morgan fingerprint density at radius 3 is 2.46 bits per heavy atom. The lowest BCUT2D eigenvalue weighted by Crippen LogP contribution is -2.49. The summed E-state index contributed by atoms with van der Waals surface area (Å²) in [6.45, 7) is 0.250. The number of aliphatic hydroxyl groups excluding tert-OH is 2. The molecule has 1 aliphatic heterocycles. The summed E-state index contributed by atoms with van der Waals surface area (Å²) >= 11 is 0. The number of halogens is 1. The predicted molar refractivity (Wildman–Crippen MR) is 92.8 cm³/mol. The zero-order valence-electron chi connectivity index (χ0n) is 14.4. The lowest BCUT2D eigenvalue weighted by atomic mass is 9.94. The molecule has 0 aliphatic carbocycles. The van der Waals surface area contributed by atoms with Gasteiger partial charge in [-0.15, -0.1) is 0 Å². The topological polar surface area (TPSA) is 79.2 Å². The molecule has 0 spiro atoms. The van der Waals surface area contributed by atoms with E-state index in [0.717, 1.165) is 5.56 Å². The fourth-order valence-electron chi connectivity index (χ4n) is 3.05. The Kier molecular flexibility index (Phi) is 5.11. The fraction of sp³-hybridized carbons (Fsp3) is 0.316. The zero-order valence-corrected chi connectivity index (χ0v) is 14.4. The van der Waals surface area contributed by atoms with E-state index in [-0.39, 0.29) is 17.7 Å². The highest BCUT2D eigenvalue weighted by Crippen LogP contribution is 2.40. The van der Waals surface area contributed by atoms with Crippen molar-refractivity contribution < 1.29 is 28.9 Å². The molecule has 1 heterocycles. The third-order valence-electron chi connectivity index (χ3n) is 4.49. The van der Waals surface area contributed by atoms with Crippen LogP contribution in [0.3, 0.4) is 0 Å². The number of carbonyl (C=O) groups is 1. The minimum Gasteiger partial charge on any atom is -0.497 e. The third kappa shape index (κ3) is 3.23. The van der Waals surface area contributed by atoms with Crippen LogP contribution in [-0.4, -0.2) is 42.7 Å². The summed E-state index contributed by atoms with van der Waals surface area (Å²) in [6, 6.07) is 11.6. The summed E-state index contributed by atoms with van der Waals surface area (Å²) in [5, 5.41) is 20.5. The quantitative estimate of drug-likeness (QED) is 0.813. The normalized spacial score (nSPS) is 21.9. The molecule has 6 nitrogen and oxygen atoms in total. The van der Waals surface area contributed by atoms with E-state index in [0.29, 0.717) is 11.4 Å². The Morgan fingerprint density at radius 1 is 1.15 bits per heavy atom. The van der Waals surface area contributed by atoms with Crippen LogP contribution < -0.4 is 9.64 Å². The Labute approximate surface area is 150 Å². The molecule has 0 saturated carbocycles. The first-order chi connectivity index (χ1) is 12.5. The van der Waals surface area contributed by atoms with Gasteiger partial charge in [0.15, 0.2) is 12.4 Å². The average molecular weight is 361 g/mol. The number of methoxy groups -OCH3 is 2. The van der Waals surface area contributed by atoms with Crippen LogP contribution in [0.5, 0.6) is 5.75 Å². The van der Waals surface area contributed by atoms with Gasteiger partial charge in [0.25, 0.3) is 0 Å². The molecule has 1 aliphatic rings. The number of ether oxygens (including phenoxy) is 2. The van der Waals surface area contributed by atoms with Gasteiger partial charge >= 0.3 is 5.97 Å². The van der Waals surface area contributed by atoms with Crippen molar-refractivity contribution in [2.75, 3.05) is 19.1 Å². The summed E-state index contributed by atoms with van der Waals surface area (Å²) in [5.41, 5.74) is 1.58. The second-order valence-electron chi connectivity index (χ2n) is 6.05. The van der Waals surface area contributed by atoms with Crippen LogP contribution in [0.15, 0.2) is 42.5 Å². The summed E-state index contributed by atoms with van der Waals surface area (Å²) < 4.78 is 24.3. The van der Waals surface area contributed by atoms with E-state index in [2.05, 4.69) is 4.74 Å². The largest absolute Gasteiger partial charge is 0.497 e. The monoisotopic (exact) mass is 361 g/mol. The van der Waals surface area contributed by atoms with Gasteiger partial charge in [-0.2, -0.15) is 0 Å². The van der Waals surface area contributed by atoms with Gasteiger partial charge in [0.05, 0.1) is 19.8 Å². The standard InChI is InChI=1S/C19H20FNO5/c1-25-13-6-3-11(4-7-13)10-21-15-8-5-12(19(24)26-2)9-14(15)16(20)17(22)18(21)23/h3-9,16-18,22-23H,10H2,1-2H3. The number of rotatable bonds is 4. The lowest BCUT2D eigenvalue weighted by molar-refractivity contribution is -0.0386. The maximum absolute atomic E-state index is 14.6. The van der Waals surface area contributed by atoms with E-state index >= 15 is 0 Å². The highest BCUT2D eigenvalue weighted by molar-refractivity contribution is 5.90. The molecular formula is C19H20FNO5. The minimum atomic E-state index is -1.81. The Balaban J connectivity index is 1.97. The third-order valence-corrected chi connectivity index (χ3v) is 4.49. The second kappa shape index (κ2) is 7.31. The first-order valence-electron chi connectivity index (χ1n) is 8.08. The van der Waals surface area contributed by atoms with Crippen molar-refractivity contribution in [1.29, 1.82) is 0 Å². The van der Waals surface area contributed by atoms with Crippen molar-refractivity contribution in [2.45, 2.75) is 25.0 Å². The SMILES string of the molecule is COC(=O)c1ccc2c(c1)C(F)C(O)C(O)N2Cc1ccc(OC)cc1. The van der Waals surface area contributed by atoms with Crippen molar-refractivity contribution in [3.8, 4) is 5.75 Å². The summed E-state index contributed by atoms with van der Waals surface area (Å²) in [6.07, 6.45) is -4.85. The van der Waals surface area contributed by atoms with E-state index in [1.54, 1.807) is 25.3 Å². The molecular weight excluding hydrogens is 341 g/mol. The number of hydrogen-bond acceptors (Lipinski definition) is 6. The molecule has 7 heteroatoms. The average Bonchev–Trinajstić information content (AvgIpc) is 2.69. The van der Waals surface area contributed by atoms with E-state index in [4.69, 9.17) is 4.74 Å². The van der Waals surface area contributed by atoms with Crippen molar-refractivity contribution in [3.63, 3.8) is 0 Å². The molecule has 0 saturated heterocycles. The van der Waals surface area contributed by atoms with E-state index in [1.165, 1.54) is 24.1 Å². The van der Waals surface area contributed by atoms with Crippen molar-refractivity contribution in [2.24, 2.45) is 0 Å². The maximum Gasteiger partial charge on any atom is 0.337 e. The van der Waals surface area contributed by atoms with Gasteiger partial charge in [-0.25, -0.2) is 9.18 Å². The van der Waals surface area contributed by atoms with Crippen LogP contribution in [0.25, 0.3) is 0 Å². The van der Waals surface area contributed by atoms with Crippen LogP contribution in [0, 0.1) is 0 Å². The zero-order chi connectivity index (χ0) is 18.8. The molecule has 0 bridgehead atoms. The van der Waals surface area contributed by atoms with Crippen LogP contribution >= 0.6 is 0 Å². The number of aliphatic hydroxyl groups is 2. The minimum absolute atomic E-state index is 0.138. The maximum atomic E-state index is 14.6. The fourth-order valence-corrected chi connectivity index (χ4v) is 3.05. The second-order valence-corrected chi connectivity index (χ2v) is 6.05. The van der Waals surface area contributed by atoms with Crippen LogP contribution in [0.4, 0.5) is 10.1 Å². The van der Waals surface area contributed by atoms with Crippen LogP contribution in [0.2, 0.25) is 0 Å². The molecule has 2 aromatic carbocycles. The molecule has 3 rings (SSSR count). The molecule has 2 N–H and O–H groups in total. The number of hydrogen-bond donors (Lipinski definition) is 2. The molecule has 0 fully saturated rings. The summed E-state index contributed by atoms with van der Waals surface area (Å²) in [4.78, 5) is 13.2. The number of anilines is 1. The first-order valence-corrected chi connectivity index (χ1v) is 8.08. The molecule has 3 unspecified atom stereocenters.